The number of rotatable bonds is 4. The fourth-order valence-corrected chi connectivity index (χ4v) is 2.44. The first kappa shape index (κ1) is 13.4. The number of benzene rings is 1. The molecule has 1 aromatic rings. The van der Waals surface area contributed by atoms with E-state index in [2.05, 4.69) is 0 Å². The fraction of sp³-hybridized carbons (Fsp3) is 0.222. The molecule has 0 aliphatic heterocycles. The summed E-state index contributed by atoms with van der Waals surface area (Å²) in [6, 6.07) is 3.31. The standard InChI is InChI=1S/C9H9Cl2NO3S/c10-6-2-1-5(3-7(6)11)16(15)4-8(12)9(13)14/h1-3,8H,4,12H2,(H,13,14). The van der Waals surface area contributed by atoms with Gasteiger partial charge in [-0.2, -0.15) is 0 Å². The minimum absolute atomic E-state index is 0.159. The molecule has 0 amide bonds. The first-order chi connectivity index (χ1) is 7.41. The van der Waals surface area contributed by atoms with E-state index in [0.717, 1.165) is 0 Å². The Hall–Kier alpha value is -0.620. The van der Waals surface area contributed by atoms with E-state index in [1.54, 1.807) is 0 Å². The Morgan fingerprint density at radius 2 is 2.06 bits per heavy atom. The Labute approximate surface area is 105 Å². The van der Waals surface area contributed by atoms with Gasteiger partial charge in [-0.15, -0.1) is 0 Å². The molecule has 7 heteroatoms. The zero-order valence-corrected chi connectivity index (χ0v) is 10.4. The highest BCUT2D eigenvalue weighted by atomic mass is 35.5. The van der Waals surface area contributed by atoms with E-state index in [-0.39, 0.29) is 10.8 Å². The lowest BCUT2D eigenvalue weighted by atomic mass is 10.4. The van der Waals surface area contributed by atoms with Crippen molar-refractivity contribution in [3.8, 4) is 0 Å². The number of nitrogens with two attached hydrogens (primary N) is 1. The van der Waals surface area contributed by atoms with Crippen LogP contribution in [-0.2, 0) is 15.6 Å². The second kappa shape index (κ2) is 5.63. The molecule has 0 spiro atoms. The van der Waals surface area contributed by atoms with Gasteiger partial charge >= 0.3 is 5.97 Å². The van der Waals surface area contributed by atoms with Crippen LogP contribution in [0.2, 0.25) is 10.0 Å². The molecule has 88 valence electrons. The average molecular weight is 282 g/mol. The van der Waals surface area contributed by atoms with Gasteiger partial charge < -0.3 is 10.8 Å². The molecule has 1 aromatic carbocycles. The Balaban J connectivity index is 2.81. The molecular weight excluding hydrogens is 273 g/mol. The van der Waals surface area contributed by atoms with Crippen molar-refractivity contribution in [2.45, 2.75) is 10.9 Å². The summed E-state index contributed by atoms with van der Waals surface area (Å²) in [6.07, 6.45) is 0. The third-order valence-electron chi connectivity index (χ3n) is 1.80. The van der Waals surface area contributed by atoms with Crippen molar-refractivity contribution >= 4 is 40.0 Å². The van der Waals surface area contributed by atoms with Crippen molar-refractivity contribution < 1.29 is 14.1 Å². The molecule has 0 aliphatic rings. The second-order valence-electron chi connectivity index (χ2n) is 3.03. The molecule has 4 nitrogen and oxygen atoms in total. The minimum atomic E-state index is -1.50. The molecule has 0 saturated heterocycles. The zero-order chi connectivity index (χ0) is 12.3. The minimum Gasteiger partial charge on any atom is -0.480 e. The summed E-state index contributed by atoms with van der Waals surface area (Å²) in [7, 11) is -1.50. The number of carboxylic acid groups (broad SMARTS) is 1. The SMILES string of the molecule is NC(CS(=O)c1ccc(Cl)c(Cl)c1)C(=O)O. The third kappa shape index (κ3) is 3.45. The van der Waals surface area contributed by atoms with Gasteiger partial charge in [-0.05, 0) is 18.2 Å². The van der Waals surface area contributed by atoms with E-state index in [1.165, 1.54) is 18.2 Å². The topological polar surface area (TPSA) is 80.4 Å². The Bertz CT molecular complexity index is 439. The van der Waals surface area contributed by atoms with Crippen LogP contribution >= 0.6 is 23.2 Å². The van der Waals surface area contributed by atoms with Crippen molar-refractivity contribution in [1.29, 1.82) is 0 Å². The number of hydrogen-bond acceptors (Lipinski definition) is 3. The van der Waals surface area contributed by atoms with Gasteiger partial charge in [0, 0.05) is 4.90 Å². The molecule has 2 atom stereocenters. The highest BCUT2D eigenvalue weighted by Gasteiger charge is 2.16. The van der Waals surface area contributed by atoms with Crippen molar-refractivity contribution in [2.24, 2.45) is 5.73 Å². The summed E-state index contributed by atoms with van der Waals surface area (Å²) in [5.74, 6) is -1.35. The summed E-state index contributed by atoms with van der Waals surface area (Å²) in [6.45, 7) is 0. The first-order valence-corrected chi connectivity index (χ1v) is 6.31. The van der Waals surface area contributed by atoms with Crippen LogP contribution in [0.1, 0.15) is 0 Å². The molecular formula is C9H9Cl2NO3S. The van der Waals surface area contributed by atoms with E-state index in [0.29, 0.717) is 9.92 Å². The highest BCUT2D eigenvalue weighted by molar-refractivity contribution is 7.85. The normalized spacial score (nSPS) is 14.4. The maximum absolute atomic E-state index is 11.7. The van der Waals surface area contributed by atoms with Gasteiger partial charge in [0.15, 0.2) is 0 Å². The second-order valence-corrected chi connectivity index (χ2v) is 5.34. The van der Waals surface area contributed by atoms with Gasteiger partial charge in [0.25, 0.3) is 0 Å². The van der Waals surface area contributed by atoms with E-state index in [1.807, 2.05) is 0 Å². The number of aliphatic carboxylic acids is 1. The first-order valence-electron chi connectivity index (χ1n) is 4.23. The maximum atomic E-state index is 11.7. The van der Waals surface area contributed by atoms with Crippen LogP contribution in [0.25, 0.3) is 0 Å². The van der Waals surface area contributed by atoms with Gasteiger partial charge in [0.2, 0.25) is 0 Å². The van der Waals surface area contributed by atoms with Crippen molar-refractivity contribution in [1.82, 2.24) is 0 Å². The predicted molar refractivity (Wildman–Crippen MR) is 63.3 cm³/mol. The van der Waals surface area contributed by atoms with Crippen molar-refractivity contribution in [3.05, 3.63) is 28.2 Å². The molecule has 0 heterocycles. The molecule has 0 radical (unpaired) electrons. The predicted octanol–water partition coefficient (Wildman–Crippen LogP) is 1.51. The Morgan fingerprint density at radius 1 is 1.44 bits per heavy atom. The number of halogens is 2. The van der Waals surface area contributed by atoms with Crippen molar-refractivity contribution in [3.63, 3.8) is 0 Å². The Kier molecular flexibility index (Phi) is 4.73. The van der Waals surface area contributed by atoms with Crippen LogP contribution in [0.4, 0.5) is 0 Å². The van der Waals surface area contributed by atoms with E-state index in [9.17, 15) is 9.00 Å². The van der Waals surface area contributed by atoms with Crippen LogP contribution in [0.5, 0.6) is 0 Å². The molecule has 1 rings (SSSR count). The lowest BCUT2D eigenvalue weighted by molar-refractivity contribution is -0.137. The smallest absolute Gasteiger partial charge is 0.321 e. The molecule has 0 aromatic heterocycles. The summed E-state index contributed by atoms with van der Waals surface area (Å²) in [4.78, 5) is 10.9. The number of carboxylic acids is 1. The van der Waals surface area contributed by atoms with Gasteiger partial charge in [-0.1, -0.05) is 23.2 Å². The highest BCUT2D eigenvalue weighted by Crippen LogP contribution is 2.24. The summed E-state index contributed by atoms with van der Waals surface area (Å²) in [5, 5.41) is 9.20. The summed E-state index contributed by atoms with van der Waals surface area (Å²) >= 11 is 11.4. The fourth-order valence-electron chi connectivity index (χ4n) is 0.949. The average Bonchev–Trinajstić information content (AvgIpc) is 2.21. The molecule has 16 heavy (non-hydrogen) atoms. The van der Waals surface area contributed by atoms with E-state index in [4.69, 9.17) is 34.0 Å². The van der Waals surface area contributed by atoms with Crippen LogP contribution in [0.3, 0.4) is 0 Å². The summed E-state index contributed by atoms with van der Waals surface area (Å²) in [5.41, 5.74) is 5.27. The quantitative estimate of drug-likeness (QED) is 0.877. The molecule has 2 unspecified atom stereocenters. The maximum Gasteiger partial charge on any atom is 0.321 e. The molecule has 0 fully saturated rings. The van der Waals surface area contributed by atoms with Crippen molar-refractivity contribution in [2.75, 3.05) is 5.75 Å². The van der Waals surface area contributed by atoms with Crippen LogP contribution in [0.15, 0.2) is 23.1 Å². The Morgan fingerprint density at radius 3 is 2.56 bits per heavy atom. The molecule has 3 N–H and O–H groups in total. The lowest BCUT2D eigenvalue weighted by Gasteiger charge is -2.07. The number of hydrogen-bond donors (Lipinski definition) is 2. The molecule has 0 aliphatic carbocycles. The van der Waals surface area contributed by atoms with Gasteiger partial charge in [-0.25, -0.2) is 0 Å². The molecule has 0 saturated carbocycles. The zero-order valence-electron chi connectivity index (χ0n) is 8.02. The van der Waals surface area contributed by atoms with Gasteiger partial charge in [0.05, 0.1) is 26.6 Å². The summed E-state index contributed by atoms with van der Waals surface area (Å²) < 4.78 is 11.7. The van der Waals surface area contributed by atoms with Crippen LogP contribution in [0, 0.1) is 0 Å². The van der Waals surface area contributed by atoms with Crippen LogP contribution < -0.4 is 5.73 Å². The van der Waals surface area contributed by atoms with Gasteiger partial charge in [0.1, 0.15) is 6.04 Å². The monoisotopic (exact) mass is 281 g/mol. The number of carbonyl (C=O) groups is 1. The van der Waals surface area contributed by atoms with Crippen LogP contribution in [-0.4, -0.2) is 27.1 Å². The largest absolute Gasteiger partial charge is 0.480 e. The lowest BCUT2D eigenvalue weighted by Crippen LogP contribution is -2.35. The van der Waals surface area contributed by atoms with E-state index < -0.39 is 22.8 Å². The third-order valence-corrected chi connectivity index (χ3v) is 3.98. The van der Waals surface area contributed by atoms with E-state index >= 15 is 0 Å². The van der Waals surface area contributed by atoms with Gasteiger partial charge in [-0.3, -0.25) is 9.00 Å². The molecule has 0 bridgehead atoms.